The normalized spacial score (nSPS) is 11.0. The van der Waals surface area contributed by atoms with E-state index < -0.39 is 11.8 Å². The lowest BCUT2D eigenvalue weighted by Crippen LogP contribution is -2.01. The first-order valence-electron chi connectivity index (χ1n) is 6.61. The molecule has 3 aromatic rings. The second-order valence-corrected chi connectivity index (χ2v) is 6.37. The minimum atomic E-state index is -1.14. The van der Waals surface area contributed by atoms with Crippen LogP contribution in [0.2, 0.25) is 5.02 Å². The number of aryl methyl sites for hydroxylation is 1. The highest BCUT2D eigenvalue weighted by atomic mass is 35.5. The molecule has 3 nitrogen and oxygen atoms in total. The van der Waals surface area contributed by atoms with Gasteiger partial charge in [-0.3, -0.25) is 0 Å². The molecule has 22 heavy (non-hydrogen) atoms. The van der Waals surface area contributed by atoms with E-state index in [2.05, 4.69) is 4.98 Å². The SMILES string of the molecule is CCc1ccc(-c2cc(C(=O)O)c3cc(Cl)cc(F)c3n2)s1. The van der Waals surface area contributed by atoms with Gasteiger partial charge < -0.3 is 5.11 Å². The maximum Gasteiger partial charge on any atom is 0.336 e. The molecule has 0 spiro atoms. The second-order valence-electron chi connectivity index (χ2n) is 4.76. The van der Waals surface area contributed by atoms with E-state index in [9.17, 15) is 14.3 Å². The maximum absolute atomic E-state index is 14.1. The first-order valence-corrected chi connectivity index (χ1v) is 7.81. The van der Waals surface area contributed by atoms with Gasteiger partial charge in [0.15, 0.2) is 5.82 Å². The molecule has 0 unspecified atom stereocenters. The van der Waals surface area contributed by atoms with Crippen LogP contribution in [0.25, 0.3) is 21.5 Å². The summed E-state index contributed by atoms with van der Waals surface area (Å²) in [5.74, 6) is -1.76. The standard InChI is InChI=1S/C16H11ClFNO2S/c1-2-9-3-4-14(22-9)13-7-11(16(20)21)10-5-8(17)6-12(18)15(10)19-13/h3-7H,2H2,1H3,(H,20,21). The molecule has 3 rings (SSSR count). The van der Waals surface area contributed by atoms with Crippen molar-refractivity contribution in [1.29, 1.82) is 0 Å². The van der Waals surface area contributed by atoms with E-state index >= 15 is 0 Å². The van der Waals surface area contributed by atoms with E-state index in [0.717, 1.165) is 22.2 Å². The van der Waals surface area contributed by atoms with Crippen molar-refractivity contribution in [3.8, 4) is 10.6 Å². The number of aromatic carboxylic acids is 1. The van der Waals surface area contributed by atoms with E-state index in [1.165, 1.54) is 23.5 Å². The fraction of sp³-hybridized carbons (Fsp3) is 0.125. The number of halogens is 2. The van der Waals surface area contributed by atoms with Crippen molar-refractivity contribution in [3.05, 3.63) is 51.6 Å². The lowest BCUT2D eigenvalue weighted by atomic mass is 10.1. The first-order chi connectivity index (χ1) is 10.5. The minimum absolute atomic E-state index is 0.00662. The minimum Gasteiger partial charge on any atom is -0.478 e. The summed E-state index contributed by atoms with van der Waals surface area (Å²) in [7, 11) is 0. The van der Waals surface area contributed by atoms with Crippen LogP contribution in [0.3, 0.4) is 0 Å². The van der Waals surface area contributed by atoms with Gasteiger partial charge in [0.05, 0.1) is 16.1 Å². The number of fused-ring (bicyclic) bond motifs is 1. The highest BCUT2D eigenvalue weighted by molar-refractivity contribution is 7.15. The van der Waals surface area contributed by atoms with Crippen LogP contribution < -0.4 is 0 Å². The lowest BCUT2D eigenvalue weighted by molar-refractivity contribution is 0.0699. The van der Waals surface area contributed by atoms with Crippen molar-refractivity contribution >= 4 is 39.8 Å². The number of hydrogen-bond donors (Lipinski definition) is 1. The molecule has 0 radical (unpaired) electrons. The smallest absolute Gasteiger partial charge is 0.336 e. The van der Waals surface area contributed by atoms with Crippen LogP contribution >= 0.6 is 22.9 Å². The largest absolute Gasteiger partial charge is 0.478 e. The number of rotatable bonds is 3. The van der Waals surface area contributed by atoms with Crippen molar-refractivity contribution in [2.75, 3.05) is 0 Å². The van der Waals surface area contributed by atoms with Crippen molar-refractivity contribution in [1.82, 2.24) is 4.98 Å². The average molecular weight is 336 g/mol. The summed E-state index contributed by atoms with van der Waals surface area (Å²) in [5, 5.41) is 9.74. The molecular formula is C16H11ClFNO2S. The zero-order valence-electron chi connectivity index (χ0n) is 11.6. The molecule has 0 saturated heterocycles. The van der Waals surface area contributed by atoms with E-state index in [-0.39, 0.29) is 21.5 Å². The van der Waals surface area contributed by atoms with Crippen molar-refractivity contribution in [2.24, 2.45) is 0 Å². The van der Waals surface area contributed by atoms with E-state index in [1.807, 2.05) is 19.1 Å². The van der Waals surface area contributed by atoms with Gasteiger partial charge in [0.1, 0.15) is 5.52 Å². The van der Waals surface area contributed by atoms with Gasteiger partial charge in [0.2, 0.25) is 0 Å². The number of thiophene rings is 1. The Balaban J connectivity index is 2.31. The third-order valence-corrected chi connectivity index (χ3v) is 4.79. The predicted molar refractivity (Wildman–Crippen MR) is 86.4 cm³/mol. The Morgan fingerprint density at radius 2 is 2.14 bits per heavy atom. The highest BCUT2D eigenvalue weighted by Gasteiger charge is 2.17. The molecule has 1 aromatic carbocycles. The molecule has 0 saturated carbocycles. The number of hydrogen-bond acceptors (Lipinski definition) is 3. The first kappa shape index (κ1) is 14.9. The third kappa shape index (κ3) is 2.58. The van der Waals surface area contributed by atoms with Crippen molar-refractivity contribution in [2.45, 2.75) is 13.3 Å². The number of benzene rings is 1. The van der Waals surface area contributed by atoms with Crippen LogP contribution in [0, 0.1) is 5.82 Å². The van der Waals surface area contributed by atoms with Gasteiger partial charge in [0, 0.05) is 15.3 Å². The Bertz CT molecular complexity index is 891. The number of pyridine rings is 1. The zero-order chi connectivity index (χ0) is 15.9. The Hall–Kier alpha value is -1.98. The average Bonchev–Trinajstić information content (AvgIpc) is 2.95. The van der Waals surface area contributed by atoms with Crippen molar-refractivity contribution in [3.63, 3.8) is 0 Å². The van der Waals surface area contributed by atoms with Gasteiger partial charge >= 0.3 is 5.97 Å². The summed E-state index contributed by atoms with van der Waals surface area (Å²) in [4.78, 5) is 17.8. The zero-order valence-corrected chi connectivity index (χ0v) is 13.1. The van der Waals surface area contributed by atoms with Gasteiger partial charge in [0.25, 0.3) is 0 Å². The second kappa shape index (κ2) is 5.66. The summed E-state index contributed by atoms with van der Waals surface area (Å²) < 4.78 is 14.1. The summed E-state index contributed by atoms with van der Waals surface area (Å²) >= 11 is 7.34. The van der Waals surface area contributed by atoms with Crippen LogP contribution in [0.15, 0.2) is 30.3 Å². The molecule has 0 aliphatic carbocycles. The number of carboxylic acid groups (broad SMARTS) is 1. The van der Waals surface area contributed by atoms with Crippen LogP contribution in [-0.2, 0) is 6.42 Å². The van der Waals surface area contributed by atoms with Crippen LogP contribution in [0.1, 0.15) is 22.2 Å². The summed E-state index contributed by atoms with van der Waals surface area (Å²) in [6.07, 6.45) is 0.883. The molecule has 6 heteroatoms. The van der Waals surface area contributed by atoms with E-state index in [0.29, 0.717) is 5.69 Å². The number of nitrogens with zero attached hydrogens (tertiary/aromatic N) is 1. The number of carboxylic acids is 1. The van der Waals surface area contributed by atoms with Gasteiger partial charge in [-0.05, 0) is 36.8 Å². The predicted octanol–water partition coefficient (Wildman–Crippen LogP) is 5.02. The molecule has 2 heterocycles. The molecule has 0 atom stereocenters. The Kier molecular flexibility index (Phi) is 3.85. The summed E-state index contributed by atoms with van der Waals surface area (Å²) in [6, 6.07) is 7.86. The summed E-state index contributed by atoms with van der Waals surface area (Å²) in [6.45, 7) is 2.04. The molecule has 112 valence electrons. The number of carbonyl (C=O) groups is 1. The van der Waals surface area contributed by atoms with E-state index in [1.54, 1.807) is 0 Å². The van der Waals surface area contributed by atoms with Crippen LogP contribution in [0.5, 0.6) is 0 Å². The fourth-order valence-corrected chi connectivity index (χ4v) is 3.37. The van der Waals surface area contributed by atoms with Gasteiger partial charge in [-0.15, -0.1) is 11.3 Å². The van der Waals surface area contributed by atoms with Gasteiger partial charge in [-0.25, -0.2) is 14.2 Å². The Morgan fingerprint density at radius 1 is 1.36 bits per heavy atom. The van der Waals surface area contributed by atoms with Crippen LogP contribution in [0.4, 0.5) is 4.39 Å². The third-order valence-electron chi connectivity index (χ3n) is 3.32. The van der Waals surface area contributed by atoms with Gasteiger partial charge in [-0.2, -0.15) is 0 Å². The Labute approximate surface area is 135 Å². The molecular weight excluding hydrogens is 325 g/mol. The Morgan fingerprint density at radius 3 is 2.77 bits per heavy atom. The molecule has 2 aromatic heterocycles. The van der Waals surface area contributed by atoms with Gasteiger partial charge in [-0.1, -0.05) is 18.5 Å². The van der Waals surface area contributed by atoms with Crippen LogP contribution in [-0.4, -0.2) is 16.1 Å². The maximum atomic E-state index is 14.1. The quantitative estimate of drug-likeness (QED) is 0.731. The molecule has 0 aliphatic heterocycles. The van der Waals surface area contributed by atoms with E-state index in [4.69, 9.17) is 11.6 Å². The monoisotopic (exact) mass is 335 g/mol. The molecule has 0 bridgehead atoms. The topological polar surface area (TPSA) is 50.2 Å². The van der Waals surface area contributed by atoms with Crippen molar-refractivity contribution < 1.29 is 14.3 Å². The lowest BCUT2D eigenvalue weighted by Gasteiger charge is -2.07. The molecule has 0 aliphatic rings. The number of aromatic nitrogens is 1. The fourth-order valence-electron chi connectivity index (χ4n) is 2.26. The molecule has 0 fully saturated rings. The summed E-state index contributed by atoms with van der Waals surface area (Å²) in [5.41, 5.74) is 0.467. The molecule has 1 N–H and O–H groups in total. The highest BCUT2D eigenvalue weighted by Crippen LogP contribution is 2.32. The molecule has 0 amide bonds.